The lowest BCUT2D eigenvalue weighted by Gasteiger charge is -2.22. The van der Waals surface area contributed by atoms with Crippen LogP contribution in [0.3, 0.4) is 0 Å². The molecule has 1 N–H and O–H groups in total. The molecule has 0 fully saturated rings. The van der Waals surface area contributed by atoms with E-state index in [9.17, 15) is 0 Å². The molecule has 4 aromatic rings. The topological polar surface area (TPSA) is 59.5 Å². The number of hydrogen-bond acceptors (Lipinski definition) is 5. The molecule has 4 rings (SSSR count). The van der Waals surface area contributed by atoms with E-state index in [1.165, 1.54) is 11.1 Å². The summed E-state index contributed by atoms with van der Waals surface area (Å²) in [6.45, 7) is 4.20. The zero-order valence-electron chi connectivity index (χ0n) is 18.2. The van der Waals surface area contributed by atoms with Crippen LogP contribution in [-0.4, -0.2) is 36.3 Å². The quantitative estimate of drug-likeness (QED) is 0.349. The molecule has 0 atom stereocenters. The van der Waals surface area contributed by atoms with Gasteiger partial charge >= 0.3 is 0 Å². The third-order valence-electron chi connectivity index (χ3n) is 5.37. The SMILES string of the molecule is COc1cc2nc3ccc(NC(=S)N(C)c4ccc(C)c(C)c4)cc3nc2cc1OC. The van der Waals surface area contributed by atoms with Crippen molar-refractivity contribution in [2.75, 3.05) is 31.5 Å². The average Bonchev–Trinajstić information content (AvgIpc) is 2.77. The normalized spacial score (nSPS) is 10.9. The third-order valence-corrected chi connectivity index (χ3v) is 5.75. The maximum Gasteiger partial charge on any atom is 0.177 e. The van der Waals surface area contributed by atoms with E-state index in [0.717, 1.165) is 33.4 Å². The maximum atomic E-state index is 5.63. The van der Waals surface area contributed by atoms with Gasteiger partial charge in [0.25, 0.3) is 0 Å². The van der Waals surface area contributed by atoms with E-state index in [2.05, 4.69) is 37.4 Å². The largest absolute Gasteiger partial charge is 0.493 e. The minimum atomic E-state index is 0.600. The Kier molecular flexibility index (Phi) is 5.61. The molecule has 0 saturated heterocycles. The number of ether oxygens (including phenoxy) is 2. The summed E-state index contributed by atoms with van der Waals surface area (Å²) in [6.07, 6.45) is 0. The molecule has 1 heterocycles. The minimum absolute atomic E-state index is 0.600. The van der Waals surface area contributed by atoms with Gasteiger partial charge < -0.3 is 19.7 Å². The zero-order valence-corrected chi connectivity index (χ0v) is 19.0. The van der Waals surface area contributed by atoms with Crippen LogP contribution in [0.2, 0.25) is 0 Å². The van der Waals surface area contributed by atoms with Gasteiger partial charge in [-0.05, 0) is 67.5 Å². The van der Waals surface area contributed by atoms with Crippen LogP contribution >= 0.6 is 12.2 Å². The van der Waals surface area contributed by atoms with Crippen molar-refractivity contribution in [3.63, 3.8) is 0 Å². The predicted molar refractivity (Wildman–Crippen MR) is 131 cm³/mol. The molecule has 0 radical (unpaired) electrons. The number of nitrogens with one attached hydrogen (secondary N) is 1. The molecule has 0 aliphatic carbocycles. The van der Waals surface area contributed by atoms with Gasteiger partial charge in [-0.2, -0.15) is 0 Å². The Morgan fingerprint density at radius 3 is 2.03 bits per heavy atom. The fraction of sp³-hybridized carbons (Fsp3) is 0.208. The van der Waals surface area contributed by atoms with E-state index in [1.54, 1.807) is 14.2 Å². The third kappa shape index (κ3) is 4.09. The van der Waals surface area contributed by atoms with E-state index in [4.69, 9.17) is 31.7 Å². The Morgan fingerprint density at radius 2 is 1.42 bits per heavy atom. The minimum Gasteiger partial charge on any atom is -0.493 e. The molecule has 31 heavy (non-hydrogen) atoms. The summed E-state index contributed by atoms with van der Waals surface area (Å²) < 4.78 is 10.8. The Morgan fingerprint density at radius 1 is 0.806 bits per heavy atom. The fourth-order valence-corrected chi connectivity index (χ4v) is 3.56. The highest BCUT2D eigenvalue weighted by Gasteiger charge is 2.12. The van der Waals surface area contributed by atoms with Crippen molar-refractivity contribution in [2.45, 2.75) is 13.8 Å². The van der Waals surface area contributed by atoms with Crippen LogP contribution in [-0.2, 0) is 0 Å². The van der Waals surface area contributed by atoms with Gasteiger partial charge in [0, 0.05) is 30.6 Å². The van der Waals surface area contributed by atoms with E-state index in [1.807, 2.05) is 42.3 Å². The van der Waals surface area contributed by atoms with E-state index in [-0.39, 0.29) is 0 Å². The lowest BCUT2D eigenvalue weighted by atomic mass is 10.1. The predicted octanol–water partition coefficient (Wildman–Crippen LogP) is 5.25. The maximum absolute atomic E-state index is 5.63. The number of hydrogen-bond donors (Lipinski definition) is 1. The lowest BCUT2D eigenvalue weighted by molar-refractivity contribution is 0.355. The molecule has 7 heteroatoms. The van der Waals surface area contributed by atoms with Crippen LogP contribution in [0, 0.1) is 13.8 Å². The first kappa shape index (κ1) is 20.8. The van der Waals surface area contributed by atoms with Crippen molar-refractivity contribution in [3.05, 3.63) is 59.7 Å². The highest BCUT2D eigenvalue weighted by Crippen LogP contribution is 2.31. The molecule has 0 bridgehead atoms. The molecule has 0 unspecified atom stereocenters. The van der Waals surface area contributed by atoms with Gasteiger partial charge in [0.15, 0.2) is 16.6 Å². The summed E-state index contributed by atoms with van der Waals surface area (Å²) in [5.41, 5.74) is 7.40. The summed E-state index contributed by atoms with van der Waals surface area (Å²) in [4.78, 5) is 11.4. The molecule has 0 aliphatic heterocycles. The molecule has 3 aromatic carbocycles. The van der Waals surface area contributed by atoms with Crippen molar-refractivity contribution in [2.24, 2.45) is 0 Å². The Balaban J connectivity index is 1.64. The lowest BCUT2D eigenvalue weighted by Crippen LogP contribution is -2.30. The van der Waals surface area contributed by atoms with Crippen molar-refractivity contribution in [1.82, 2.24) is 9.97 Å². The molecule has 0 saturated carbocycles. The number of aryl methyl sites for hydroxylation is 2. The van der Waals surface area contributed by atoms with Crippen LogP contribution in [0.5, 0.6) is 11.5 Å². The second-order valence-corrected chi connectivity index (χ2v) is 7.77. The van der Waals surface area contributed by atoms with Crippen molar-refractivity contribution < 1.29 is 9.47 Å². The molecule has 1 aromatic heterocycles. The number of benzene rings is 3. The molecule has 0 amide bonds. The average molecular weight is 433 g/mol. The second kappa shape index (κ2) is 8.35. The first-order valence-electron chi connectivity index (χ1n) is 9.85. The van der Waals surface area contributed by atoms with Crippen LogP contribution in [0.1, 0.15) is 11.1 Å². The molecule has 6 nitrogen and oxygen atoms in total. The van der Waals surface area contributed by atoms with Crippen molar-refractivity contribution in [3.8, 4) is 11.5 Å². The summed E-state index contributed by atoms with van der Waals surface area (Å²) in [7, 11) is 5.16. The Labute approximate surface area is 186 Å². The van der Waals surface area contributed by atoms with Crippen LogP contribution in [0.15, 0.2) is 48.5 Å². The summed E-state index contributed by atoms with van der Waals surface area (Å²) >= 11 is 5.63. The molecule has 158 valence electrons. The summed E-state index contributed by atoms with van der Waals surface area (Å²) in [5.74, 6) is 1.25. The number of methoxy groups -OCH3 is 2. The van der Waals surface area contributed by atoms with Crippen molar-refractivity contribution in [1.29, 1.82) is 0 Å². The highest BCUT2D eigenvalue weighted by molar-refractivity contribution is 7.80. The first-order chi connectivity index (χ1) is 14.9. The van der Waals surface area contributed by atoms with E-state index < -0.39 is 0 Å². The number of anilines is 2. The van der Waals surface area contributed by atoms with Gasteiger partial charge in [-0.15, -0.1) is 0 Å². The summed E-state index contributed by atoms with van der Waals surface area (Å²) in [6, 6.07) is 15.8. The molecular formula is C24H24N4O2S. The van der Waals surface area contributed by atoms with Crippen LogP contribution in [0.25, 0.3) is 22.1 Å². The fourth-order valence-electron chi connectivity index (χ4n) is 3.34. The molecule has 0 aliphatic rings. The van der Waals surface area contributed by atoms with Gasteiger partial charge in [0.2, 0.25) is 0 Å². The zero-order chi connectivity index (χ0) is 22.1. The number of thiocarbonyl (C=S) groups is 1. The number of rotatable bonds is 4. The smallest absolute Gasteiger partial charge is 0.177 e. The van der Waals surface area contributed by atoms with Crippen molar-refractivity contribution >= 4 is 50.8 Å². The number of nitrogens with zero attached hydrogens (tertiary/aromatic N) is 3. The monoisotopic (exact) mass is 432 g/mol. The van der Waals surface area contributed by atoms with Gasteiger partial charge in [-0.1, -0.05) is 6.07 Å². The Bertz CT molecular complexity index is 1310. The molecule has 0 spiro atoms. The van der Waals surface area contributed by atoms with Crippen LogP contribution in [0.4, 0.5) is 11.4 Å². The first-order valence-corrected chi connectivity index (χ1v) is 10.3. The number of fused-ring (bicyclic) bond motifs is 2. The van der Waals surface area contributed by atoms with Gasteiger partial charge in [-0.25, -0.2) is 9.97 Å². The van der Waals surface area contributed by atoms with Crippen LogP contribution < -0.4 is 19.7 Å². The van der Waals surface area contributed by atoms with Gasteiger partial charge in [0.05, 0.1) is 36.3 Å². The standard InChI is InChI=1S/C24H24N4O2S/c1-14-6-8-17(10-15(14)2)28(3)24(31)25-16-7-9-18-19(11-16)27-21-13-23(30-5)22(29-4)12-20(21)26-18/h6-13H,1-5H3,(H,25,31). The van der Waals surface area contributed by atoms with Gasteiger partial charge in [0.1, 0.15) is 0 Å². The highest BCUT2D eigenvalue weighted by atomic mass is 32.1. The Hall–Kier alpha value is -3.45. The van der Waals surface area contributed by atoms with E-state index >= 15 is 0 Å². The summed E-state index contributed by atoms with van der Waals surface area (Å²) in [5, 5.41) is 3.90. The van der Waals surface area contributed by atoms with E-state index in [0.29, 0.717) is 16.6 Å². The van der Waals surface area contributed by atoms with Gasteiger partial charge in [-0.3, -0.25) is 0 Å². The second-order valence-electron chi connectivity index (χ2n) is 7.38. The molecular weight excluding hydrogens is 408 g/mol. The number of aromatic nitrogens is 2.